The minimum absolute atomic E-state index is 0. The molecule has 0 bridgehead atoms. The van der Waals surface area contributed by atoms with Crippen molar-refractivity contribution in [1.29, 1.82) is 0 Å². The molecular formula is C36H64CaO4. The van der Waals surface area contributed by atoms with E-state index in [1.54, 1.807) is 0 Å². The molecule has 4 nitrogen and oxygen atoms in total. The normalized spacial score (nSPS) is 11.2. The molecule has 0 amide bonds. The number of rotatable bonds is 29. The summed E-state index contributed by atoms with van der Waals surface area (Å²) in [5.74, 6) is -1.83. The van der Waals surface area contributed by atoms with Crippen LogP contribution in [0.4, 0.5) is 0 Å². The van der Waals surface area contributed by atoms with E-state index in [0.29, 0.717) is 0 Å². The van der Waals surface area contributed by atoms with Gasteiger partial charge in [-0.1, -0.05) is 134 Å². The standard InChI is InChI=1S/C18H34O2.C18H32O2.Ca/c2*1-2-3-4-5-6-7-8-9-10-11-12-13-14-15-16-17-18(19)20;/h9-10H,2-8,11-17H2,1H3,(H,19,20);6-7,9-10H,2-5,8,11-17H2,1H3,(H,19,20);/q;;+2/p-2/b10-9-;7-6-,10-9-;. The van der Waals surface area contributed by atoms with Gasteiger partial charge in [0.25, 0.3) is 0 Å². The van der Waals surface area contributed by atoms with Crippen LogP contribution in [0, 0.1) is 0 Å². The van der Waals surface area contributed by atoms with Gasteiger partial charge in [-0.05, 0) is 83.5 Å². The molecule has 0 saturated heterocycles. The second kappa shape index (κ2) is 41.6. The molecule has 0 aromatic carbocycles. The summed E-state index contributed by atoms with van der Waals surface area (Å²) in [6.45, 7) is 4.49. The zero-order valence-electron chi connectivity index (χ0n) is 27.2. The predicted molar refractivity (Wildman–Crippen MR) is 175 cm³/mol. The minimum Gasteiger partial charge on any atom is -0.550 e. The fraction of sp³-hybridized carbons (Fsp3) is 0.778. The molecule has 0 rings (SSSR count). The van der Waals surface area contributed by atoms with Gasteiger partial charge in [-0.25, -0.2) is 0 Å². The van der Waals surface area contributed by atoms with Crippen LogP contribution >= 0.6 is 0 Å². The van der Waals surface area contributed by atoms with Crippen molar-refractivity contribution in [3.05, 3.63) is 36.5 Å². The van der Waals surface area contributed by atoms with Crippen molar-refractivity contribution in [1.82, 2.24) is 0 Å². The summed E-state index contributed by atoms with van der Waals surface area (Å²) in [6.07, 6.45) is 42.8. The van der Waals surface area contributed by atoms with Gasteiger partial charge < -0.3 is 19.8 Å². The maximum atomic E-state index is 10.2. The molecule has 0 aliphatic heterocycles. The molecule has 0 atom stereocenters. The van der Waals surface area contributed by atoms with Crippen molar-refractivity contribution in [3.8, 4) is 0 Å². The van der Waals surface area contributed by atoms with Crippen molar-refractivity contribution in [2.45, 2.75) is 181 Å². The van der Waals surface area contributed by atoms with Gasteiger partial charge in [-0.2, -0.15) is 0 Å². The Labute approximate surface area is 284 Å². The van der Waals surface area contributed by atoms with E-state index in [1.807, 2.05) is 0 Å². The van der Waals surface area contributed by atoms with Crippen LogP contribution < -0.4 is 10.2 Å². The van der Waals surface area contributed by atoms with E-state index in [4.69, 9.17) is 0 Å². The molecule has 0 radical (unpaired) electrons. The minimum atomic E-state index is -0.921. The summed E-state index contributed by atoms with van der Waals surface area (Å²) >= 11 is 0. The van der Waals surface area contributed by atoms with Gasteiger partial charge in [0.05, 0.1) is 0 Å². The second-order valence-electron chi connectivity index (χ2n) is 11.1. The van der Waals surface area contributed by atoms with E-state index in [1.165, 1.54) is 103 Å². The zero-order chi connectivity index (χ0) is 29.8. The molecule has 0 heterocycles. The molecule has 0 saturated carbocycles. The van der Waals surface area contributed by atoms with Crippen LogP contribution in [0.5, 0.6) is 0 Å². The number of carbonyl (C=O) groups is 2. The van der Waals surface area contributed by atoms with Crippen molar-refractivity contribution in [2.24, 2.45) is 0 Å². The van der Waals surface area contributed by atoms with Crippen molar-refractivity contribution >= 4 is 49.7 Å². The number of carboxylic acid groups (broad SMARTS) is 2. The van der Waals surface area contributed by atoms with Crippen LogP contribution in [0.3, 0.4) is 0 Å². The summed E-state index contributed by atoms with van der Waals surface area (Å²) in [4.78, 5) is 20.4. The third kappa shape index (κ3) is 49.4. The quantitative estimate of drug-likeness (QED) is 0.0488. The average molecular weight is 601 g/mol. The van der Waals surface area contributed by atoms with Gasteiger partial charge >= 0.3 is 37.7 Å². The van der Waals surface area contributed by atoms with E-state index in [2.05, 4.69) is 50.3 Å². The molecule has 0 fully saturated rings. The number of unbranched alkanes of at least 4 members (excludes halogenated alkanes) is 19. The third-order valence-electron chi connectivity index (χ3n) is 6.97. The molecule has 0 aliphatic carbocycles. The Morgan fingerprint density at radius 3 is 1.05 bits per heavy atom. The summed E-state index contributed by atoms with van der Waals surface area (Å²) in [6, 6.07) is 0. The van der Waals surface area contributed by atoms with Crippen molar-refractivity contribution < 1.29 is 19.8 Å². The Hall–Kier alpha value is -0.580. The molecule has 0 N–H and O–H groups in total. The summed E-state index contributed by atoms with van der Waals surface area (Å²) in [5.41, 5.74) is 0. The van der Waals surface area contributed by atoms with E-state index in [9.17, 15) is 19.8 Å². The van der Waals surface area contributed by atoms with E-state index in [-0.39, 0.29) is 50.6 Å². The van der Waals surface area contributed by atoms with Gasteiger partial charge in [0.15, 0.2) is 0 Å². The predicted octanol–water partition coefficient (Wildman–Crippen LogP) is 8.94. The number of allylic oxidation sites excluding steroid dienone is 6. The summed E-state index contributed by atoms with van der Waals surface area (Å²) in [5, 5.41) is 20.4. The largest absolute Gasteiger partial charge is 2.00 e. The molecule has 0 aromatic heterocycles. The van der Waals surface area contributed by atoms with Crippen molar-refractivity contribution in [2.75, 3.05) is 0 Å². The fourth-order valence-electron chi connectivity index (χ4n) is 4.42. The first-order chi connectivity index (χ1) is 19.5. The smallest absolute Gasteiger partial charge is 0.550 e. The van der Waals surface area contributed by atoms with Gasteiger partial charge in [0.2, 0.25) is 0 Å². The number of carbonyl (C=O) groups excluding carboxylic acids is 2. The van der Waals surface area contributed by atoms with Gasteiger partial charge in [0, 0.05) is 11.9 Å². The van der Waals surface area contributed by atoms with E-state index in [0.717, 1.165) is 51.4 Å². The van der Waals surface area contributed by atoms with Crippen LogP contribution in [-0.4, -0.2) is 49.7 Å². The van der Waals surface area contributed by atoms with Gasteiger partial charge in [-0.3, -0.25) is 0 Å². The van der Waals surface area contributed by atoms with Gasteiger partial charge in [0.1, 0.15) is 0 Å². The Morgan fingerprint density at radius 2 is 0.683 bits per heavy atom. The number of aliphatic carboxylic acids is 2. The Bertz CT molecular complexity index is 613. The Balaban J connectivity index is -0.000000688. The molecule has 0 aromatic rings. The zero-order valence-corrected chi connectivity index (χ0v) is 29.4. The maximum absolute atomic E-state index is 10.2. The number of hydrogen-bond acceptors (Lipinski definition) is 4. The molecule has 0 spiro atoms. The SMILES string of the molecule is CCCCC/C=C\C/C=C\CCCCCCCC(=O)[O-].CCCCCCCC/C=C\CCCCCCCC(=O)[O-].[Ca+2]. The molecule has 234 valence electrons. The molecular weight excluding hydrogens is 536 g/mol. The average Bonchev–Trinajstić information content (AvgIpc) is 2.93. The Kier molecular flexibility index (Phi) is 45.5. The molecule has 41 heavy (non-hydrogen) atoms. The van der Waals surface area contributed by atoms with Crippen LogP contribution in [0.25, 0.3) is 0 Å². The van der Waals surface area contributed by atoms with Crippen molar-refractivity contribution in [3.63, 3.8) is 0 Å². The Morgan fingerprint density at radius 1 is 0.415 bits per heavy atom. The fourth-order valence-corrected chi connectivity index (χ4v) is 4.42. The second-order valence-corrected chi connectivity index (χ2v) is 11.1. The van der Waals surface area contributed by atoms with E-state index < -0.39 is 11.9 Å². The molecule has 5 heteroatoms. The first-order valence-corrected chi connectivity index (χ1v) is 16.9. The first kappa shape index (κ1) is 44.9. The van der Waals surface area contributed by atoms with Crippen LogP contribution in [0.15, 0.2) is 36.5 Å². The number of hydrogen-bond donors (Lipinski definition) is 0. The van der Waals surface area contributed by atoms with Crippen LogP contribution in [-0.2, 0) is 9.59 Å². The monoisotopic (exact) mass is 600 g/mol. The van der Waals surface area contributed by atoms with Crippen LogP contribution in [0.2, 0.25) is 0 Å². The number of carboxylic acids is 2. The maximum Gasteiger partial charge on any atom is 2.00 e. The summed E-state index contributed by atoms with van der Waals surface area (Å²) in [7, 11) is 0. The molecule has 0 aliphatic rings. The molecule has 0 unspecified atom stereocenters. The summed E-state index contributed by atoms with van der Waals surface area (Å²) < 4.78 is 0. The van der Waals surface area contributed by atoms with E-state index >= 15 is 0 Å². The first-order valence-electron chi connectivity index (χ1n) is 16.9. The van der Waals surface area contributed by atoms with Crippen LogP contribution in [0.1, 0.15) is 181 Å². The topological polar surface area (TPSA) is 80.3 Å². The van der Waals surface area contributed by atoms with Gasteiger partial charge in [-0.15, -0.1) is 0 Å². The third-order valence-corrected chi connectivity index (χ3v) is 6.97.